The summed E-state index contributed by atoms with van der Waals surface area (Å²) >= 11 is 1.28. The van der Waals surface area contributed by atoms with Gasteiger partial charge in [-0.25, -0.2) is 0 Å². The number of nitrogens with two attached hydrogens (primary N) is 1. The van der Waals surface area contributed by atoms with Crippen LogP contribution in [0.3, 0.4) is 0 Å². The molecule has 1 fully saturated rings. The number of hydrogen-bond acceptors (Lipinski definition) is 4. The lowest BCUT2D eigenvalue weighted by molar-refractivity contribution is 0.0619. The molecule has 0 radical (unpaired) electrons. The van der Waals surface area contributed by atoms with E-state index in [4.69, 9.17) is 10.2 Å². The zero-order valence-electron chi connectivity index (χ0n) is 12.9. The minimum absolute atomic E-state index is 0.0319. The first kappa shape index (κ1) is 15.8. The molecule has 0 aliphatic heterocycles. The number of nitrogens with zero attached hydrogens (tertiary/aromatic N) is 1. The van der Waals surface area contributed by atoms with Crippen molar-refractivity contribution >= 4 is 23.2 Å². The summed E-state index contributed by atoms with van der Waals surface area (Å²) in [7, 11) is 0. The molecule has 0 saturated heterocycles. The molecule has 0 atom stereocenters. The van der Waals surface area contributed by atoms with Crippen LogP contribution in [0.1, 0.15) is 57.7 Å². The first-order chi connectivity index (χ1) is 11.1. The summed E-state index contributed by atoms with van der Waals surface area (Å²) in [5, 5.41) is 1.65. The van der Waals surface area contributed by atoms with E-state index in [1.54, 1.807) is 24.0 Å². The third-order valence-electron chi connectivity index (χ3n) is 4.30. The van der Waals surface area contributed by atoms with E-state index in [2.05, 4.69) is 0 Å². The van der Waals surface area contributed by atoms with Crippen molar-refractivity contribution in [2.45, 2.75) is 44.7 Å². The monoisotopic (exact) mass is 332 g/mol. The maximum atomic E-state index is 13.0. The Kier molecular flexibility index (Phi) is 4.81. The summed E-state index contributed by atoms with van der Waals surface area (Å²) < 4.78 is 5.13. The zero-order chi connectivity index (χ0) is 16.2. The number of furan rings is 1. The van der Waals surface area contributed by atoms with Crippen molar-refractivity contribution in [3.8, 4) is 0 Å². The molecule has 0 spiro atoms. The largest absolute Gasteiger partial charge is 0.472 e. The van der Waals surface area contributed by atoms with Gasteiger partial charge in [-0.1, -0.05) is 19.3 Å². The van der Waals surface area contributed by atoms with Crippen molar-refractivity contribution in [1.29, 1.82) is 0 Å². The Hall–Kier alpha value is -2.08. The van der Waals surface area contributed by atoms with Crippen LogP contribution in [0.5, 0.6) is 0 Å². The molecule has 1 saturated carbocycles. The third-order valence-corrected chi connectivity index (χ3v) is 5.22. The fourth-order valence-electron chi connectivity index (χ4n) is 3.06. The van der Waals surface area contributed by atoms with Crippen LogP contribution in [-0.4, -0.2) is 22.8 Å². The molecule has 6 heteroatoms. The summed E-state index contributed by atoms with van der Waals surface area (Å²) in [6.07, 6.45) is 8.87. The van der Waals surface area contributed by atoms with Crippen LogP contribution in [-0.2, 0) is 6.54 Å². The van der Waals surface area contributed by atoms with Gasteiger partial charge in [0.1, 0.15) is 0 Å². The first-order valence-electron chi connectivity index (χ1n) is 7.85. The fraction of sp³-hybridized carbons (Fsp3) is 0.412. The number of carbonyl (C=O) groups excluding carboxylic acids is 2. The average molecular weight is 332 g/mol. The first-order valence-corrected chi connectivity index (χ1v) is 8.73. The topological polar surface area (TPSA) is 76.5 Å². The van der Waals surface area contributed by atoms with E-state index in [-0.39, 0.29) is 11.9 Å². The summed E-state index contributed by atoms with van der Waals surface area (Å²) in [6.45, 7) is 0.532. The molecule has 1 aliphatic rings. The van der Waals surface area contributed by atoms with E-state index in [1.165, 1.54) is 17.8 Å². The van der Waals surface area contributed by atoms with Crippen molar-refractivity contribution in [3.63, 3.8) is 0 Å². The maximum Gasteiger partial charge on any atom is 0.264 e. The number of thiophene rings is 1. The van der Waals surface area contributed by atoms with Crippen LogP contribution >= 0.6 is 11.3 Å². The van der Waals surface area contributed by atoms with Gasteiger partial charge in [-0.3, -0.25) is 9.59 Å². The van der Waals surface area contributed by atoms with Gasteiger partial charge in [-0.15, -0.1) is 11.3 Å². The van der Waals surface area contributed by atoms with Crippen molar-refractivity contribution in [2.75, 3.05) is 0 Å². The van der Waals surface area contributed by atoms with Crippen molar-refractivity contribution in [2.24, 2.45) is 5.73 Å². The van der Waals surface area contributed by atoms with E-state index in [1.807, 2.05) is 11.0 Å². The number of rotatable bonds is 5. The minimum Gasteiger partial charge on any atom is -0.472 e. The zero-order valence-corrected chi connectivity index (χ0v) is 13.7. The lowest BCUT2D eigenvalue weighted by Gasteiger charge is -2.34. The highest BCUT2D eigenvalue weighted by Crippen LogP contribution is 2.27. The second-order valence-corrected chi connectivity index (χ2v) is 6.83. The Morgan fingerprint density at radius 2 is 2.09 bits per heavy atom. The molecule has 2 aromatic heterocycles. The molecule has 3 rings (SSSR count). The van der Waals surface area contributed by atoms with Gasteiger partial charge in [-0.05, 0) is 25.0 Å². The molecule has 0 bridgehead atoms. The van der Waals surface area contributed by atoms with Gasteiger partial charge in [0.25, 0.3) is 5.91 Å². The Labute approximate surface area is 139 Å². The summed E-state index contributed by atoms with van der Waals surface area (Å²) in [5.74, 6) is -0.532. The van der Waals surface area contributed by atoms with Crippen LogP contribution in [0.2, 0.25) is 0 Å². The van der Waals surface area contributed by atoms with Gasteiger partial charge in [0.2, 0.25) is 5.91 Å². The number of carbonyl (C=O) groups is 2. The second kappa shape index (κ2) is 7.00. The highest BCUT2D eigenvalue weighted by Gasteiger charge is 2.27. The molecule has 2 amide bonds. The molecule has 2 heterocycles. The second-order valence-electron chi connectivity index (χ2n) is 5.92. The highest BCUT2D eigenvalue weighted by atomic mass is 32.1. The molecule has 0 unspecified atom stereocenters. The standard InChI is InChI=1S/C17H20N2O3S/c18-16(20)13-8-15(23-11-13)17(21)19(9-12-6-7-22-10-12)14-4-2-1-3-5-14/h6-8,10-11,14H,1-5,9H2,(H2,18,20). The van der Waals surface area contributed by atoms with E-state index < -0.39 is 5.91 Å². The summed E-state index contributed by atoms with van der Waals surface area (Å²) in [5.41, 5.74) is 6.66. The summed E-state index contributed by atoms with van der Waals surface area (Å²) in [4.78, 5) is 26.7. The number of amides is 2. The van der Waals surface area contributed by atoms with Gasteiger partial charge in [0.15, 0.2) is 0 Å². The fourth-order valence-corrected chi connectivity index (χ4v) is 3.91. The smallest absolute Gasteiger partial charge is 0.264 e. The lowest BCUT2D eigenvalue weighted by atomic mass is 9.93. The Morgan fingerprint density at radius 3 is 2.70 bits per heavy atom. The quantitative estimate of drug-likeness (QED) is 0.911. The SMILES string of the molecule is NC(=O)c1csc(C(=O)N(Cc2ccoc2)C2CCCCC2)c1. The molecule has 2 N–H and O–H groups in total. The van der Waals surface area contributed by atoms with Crippen LogP contribution in [0.25, 0.3) is 0 Å². The predicted octanol–water partition coefficient (Wildman–Crippen LogP) is 3.42. The Morgan fingerprint density at radius 1 is 1.30 bits per heavy atom. The predicted molar refractivity (Wildman–Crippen MR) is 88.3 cm³/mol. The van der Waals surface area contributed by atoms with Gasteiger partial charge < -0.3 is 15.1 Å². The minimum atomic E-state index is -0.501. The van der Waals surface area contributed by atoms with Crippen LogP contribution in [0.4, 0.5) is 0 Å². The molecular formula is C17H20N2O3S. The molecule has 2 aromatic rings. The van der Waals surface area contributed by atoms with Gasteiger partial charge in [0.05, 0.1) is 23.0 Å². The summed E-state index contributed by atoms with van der Waals surface area (Å²) in [6, 6.07) is 3.72. The molecule has 122 valence electrons. The van der Waals surface area contributed by atoms with Gasteiger partial charge >= 0.3 is 0 Å². The molecule has 1 aliphatic carbocycles. The maximum absolute atomic E-state index is 13.0. The third kappa shape index (κ3) is 3.64. The van der Waals surface area contributed by atoms with Crippen molar-refractivity contribution in [1.82, 2.24) is 4.90 Å². The van der Waals surface area contributed by atoms with E-state index in [0.29, 0.717) is 17.0 Å². The number of primary amides is 1. The lowest BCUT2D eigenvalue weighted by Crippen LogP contribution is -2.40. The average Bonchev–Trinajstić information content (AvgIpc) is 3.24. The van der Waals surface area contributed by atoms with Gasteiger partial charge in [0, 0.05) is 23.5 Å². The van der Waals surface area contributed by atoms with Crippen molar-refractivity contribution in [3.05, 3.63) is 46.0 Å². The van der Waals surface area contributed by atoms with Crippen molar-refractivity contribution < 1.29 is 14.0 Å². The van der Waals surface area contributed by atoms with Gasteiger partial charge in [-0.2, -0.15) is 0 Å². The van der Waals surface area contributed by atoms with E-state index >= 15 is 0 Å². The van der Waals surface area contributed by atoms with Crippen LogP contribution in [0.15, 0.2) is 34.5 Å². The normalized spacial score (nSPS) is 15.5. The highest BCUT2D eigenvalue weighted by molar-refractivity contribution is 7.12. The van der Waals surface area contributed by atoms with E-state index in [0.717, 1.165) is 31.2 Å². The van der Waals surface area contributed by atoms with Crippen LogP contribution in [0, 0.1) is 0 Å². The molecule has 23 heavy (non-hydrogen) atoms. The molecule has 0 aromatic carbocycles. The number of hydrogen-bond donors (Lipinski definition) is 1. The Balaban J connectivity index is 1.83. The molecular weight excluding hydrogens is 312 g/mol. The molecule has 5 nitrogen and oxygen atoms in total. The van der Waals surface area contributed by atoms with E-state index in [9.17, 15) is 9.59 Å². The van der Waals surface area contributed by atoms with Crippen LogP contribution < -0.4 is 5.73 Å². The Bertz CT molecular complexity index is 672.